The minimum atomic E-state index is -1.16. The predicted octanol–water partition coefficient (Wildman–Crippen LogP) is 3.67. The number of methoxy groups -OCH3 is 1. The zero-order chi connectivity index (χ0) is 15.4. The third-order valence-corrected chi connectivity index (χ3v) is 3.26. The van der Waals surface area contributed by atoms with E-state index in [0.717, 1.165) is 0 Å². The molecule has 1 aromatic carbocycles. The summed E-state index contributed by atoms with van der Waals surface area (Å²) in [7, 11) is 1.41. The highest BCUT2D eigenvalue weighted by atomic mass is 35.5. The standard InChI is InChI=1S/C14H11Cl2NO4/c1-20-12-5-9(15)4-10(14(18)19)13(12)21-7-8-2-3-17-6-11(8)16/h2-6H,7H2,1H3,(H,18,19). The first-order chi connectivity index (χ1) is 10.0. The van der Waals surface area contributed by atoms with E-state index in [1.54, 1.807) is 12.3 Å². The molecule has 2 aromatic rings. The van der Waals surface area contributed by atoms with Gasteiger partial charge in [0, 0.05) is 29.0 Å². The van der Waals surface area contributed by atoms with Gasteiger partial charge < -0.3 is 14.6 Å². The van der Waals surface area contributed by atoms with Crippen molar-refractivity contribution in [2.45, 2.75) is 6.61 Å². The number of halogens is 2. The molecule has 1 N–H and O–H groups in total. The van der Waals surface area contributed by atoms with E-state index < -0.39 is 5.97 Å². The second kappa shape index (κ2) is 6.65. The Kier molecular flexibility index (Phi) is 4.88. The highest BCUT2D eigenvalue weighted by molar-refractivity contribution is 6.31. The minimum Gasteiger partial charge on any atom is -0.493 e. The number of nitrogens with zero attached hydrogens (tertiary/aromatic N) is 1. The van der Waals surface area contributed by atoms with Gasteiger partial charge in [-0.15, -0.1) is 0 Å². The number of carboxylic acid groups (broad SMARTS) is 1. The molecule has 0 spiro atoms. The molecule has 1 heterocycles. The molecule has 0 aliphatic heterocycles. The van der Waals surface area contributed by atoms with Crippen molar-refractivity contribution >= 4 is 29.2 Å². The monoisotopic (exact) mass is 327 g/mol. The van der Waals surface area contributed by atoms with Crippen LogP contribution in [0.2, 0.25) is 10.0 Å². The van der Waals surface area contributed by atoms with Gasteiger partial charge >= 0.3 is 5.97 Å². The third-order valence-electron chi connectivity index (χ3n) is 2.70. The van der Waals surface area contributed by atoms with Crippen LogP contribution >= 0.6 is 23.2 Å². The Morgan fingerprint density at radius 3 is 2.76 bits per heavy atom. The molecule has 1 aromatic heterocycles. The number of aromatic nitrogens is 1. The number of carbonyl (C=O) groups is 1. The van der Waals surface area contributed by atoms with Gasteiger partial charge in [-0.05, 0) is 12.1 Å². The van der Waals surface area contributed by atoms with Crippen LogP contribution < -0.4 is 9.47 Å². The van der Waals surface area contributed by atoms with Gasteiger partial charge in [0.05, 0.1) is 12.1 Å². The molecule has 0 amide bonds. The zero-order valence-electron chi connectivity index (χ0n) is 11.0. The van der Waals surface area contributed by atoms with E-state index in [0.29, 0.717) is 10.6 Å². The van der Waals surface area contributed by atoms with Crippen molar-refractivity contribution in [3.8, 4) is 11.5 Å². The topological polar surface area (TPSA) is 68.7 Å². The number of carboxylic acids is 1. The zero-order valence-corrected chi connectivity index (χ0v) is 12.5. The molecule has 21 heavy (non-hydrogen) atoms. The lowest BCUT2D eigenvalue weighted by Gasteiger charge is -2.14. The van der Waals surface area contributed by atoms with Gasteiger partial charge in [0.15, 0.2) is 11.5 Å². The molecule has 0 atom stereocenters. The van der Waals surface area contributed by atoms with Crippen LogP contribution in [-0.2, 0) is 6.61 Å². The van der Waals surface area contributed by atoms with Crippen molar-refractivity contribution in [1.82, 2.24) is 4.98 Å². The van der Waals surface area contributed by atoms with Crippen LogP contribution in [0.4, 0.5) is 0 Å². The summed E-state index contributed by atoms with van der Waals surface area (Å²) in [5.41, 5.74) is 0.601. The van der Waals surface area contributed by atoms with E-state index in [9.17, 15) is 9.90 Å². The molecule has 0 saturated carbocycles. The summed E-state index contributed by atoms with van der Waals surface area (Å²) in [6, 6.07) is 4.47. The van der Waals surface area contributed by atoms with Gasteiger partial charge in [0.2, 0.25) is 0 Å². The number of rotatable bonds is 5. The number of aromatic carboxylic acids is 1. The van der Waals surface area contributed by atoms with Crippen molar-refractivity contribution in [2.24, 2.45) is 0 Å². The molecular formula is C14H11Cl2NO4. The molecular weight excluding hydrogens is 317 g/mol. The van der Waals surface area contributed by atoms with Crippen molar-refractivity contribution < 1.29 is 19.4 Å². The van der Waals surface area contributed by atoms with Gasteiger partial charge in [-0.2, -0.15) is 0 Å². The molecule has 0 aliphatic rings. The SMILES string of the molecule is COc1cc(Cl)cc(C(=O)O)c1OCc1ccncc1Cl. The summed E-state index contributed by atoms with van der Waals surface area (Å²) in [6.07, 6.45) is 3.05. The summed E-state index contributed by atoms with van der Waals surface area (Å²) in [5.74, 6) is -0.820. The first-order valence-corrected chi connectivity index (χ1v) is 6.60. The molecule has 7 heteroatoms. The van der Waals surface area contributed by atoms with Crippen molar-refractivity contribution in [1.29, 1.82) is 0 Å². The number of hydrogen-bond donors (Lipinski definition) is 1. The fourth-order valence-electron chi connectivity index (χ4n) is 1.70. The van der Waals surface area contributed by atoms with Crippen molar-refractivity contribution in [3.05, 3.63) is 51.8 Å². The lowest BCUT2D eigenvalue weighted by atomic mass is 10.2. The molecule has 0 unspecified atom stereocenters. The summed E-state index contributed by atoms with van der Waals surface area (Å²) in [5, 5.41) is 9.91. The number of ether oxygens (including phenoxy) is 2. The second-order valence-corrected chi connectivity index (χ2v) is 4.89. The van der Waals surface area contributed by atoms with Gasteiger partial charge in [-0.25, -0.2) is 4.79 Å². The fourth-order valence-corrected chi connectivity index (χ4v) is 2.08. The number of benzene rings is 1. The fraction of sp³-hybridized carbons (Fsp3) is 0.143. The van der Waals surface area contributed by atoms with Crippen molar-refractivity contribution in [2.75, 3.05) is 7.11 Å². The van der Waals surface area contributed by atoms with E-state index in [1.165, 1.54) is 25.4 Å². The largest absolute Gasteiger partial charge is 0.493 e. The Morgan fingerprint density at radius 2 is 2.14 bits per heavy atom. The highest BCUT2D eigenvalue weighted by Gasteiger charge is 2.18. The quantitative estimate of drug-likeness (QED) is 0.907. The summed E-state index contributed by atoms with van der Waals surface area (Å²) < 4.78 is 10.7. The van der Waals surface area contributed by atoms with Gasteiger partial charge in [0.1, 0.15) is 12.2 Å². The average Bonchev–Trinajstić information content (AvgIpc) is 2.46. The number of pyridine rings is 1. The molecule has 0 aliphatic carbocycles. The maximum atomic E-state index is 11.3. The molecule has 0 fully saturated rings. The van der Waals surface area contributed by atoms with E-state index in [2.05, 4.69) is 4.98 Å². The van der Waals surface area contributed by atoms with E-state index in [-0.39, 0.29) is 28.7 Å². The van der Waals surface area contributed by atoms with E-state index in [4.69, 9.17) is 32.7 Å². The summed E-state index contributed by atoms with van der Waals surface area (Å²) in [4.78, 5) is 15.2. The summed E-state index contributed by atoms with van der Waals surface area (Å²) in [6.45, 7) is 0.0830. The Hall–Kier alpha value is -1.98. The molecule has 5 nitrogen and oxygen atoms in total. The number of hydrogen-bond acceptors (Lipinski definition) is 4. The second-order valence-electron chi connectivity index (χ2n) is 4.05. The molecule has 0 bridgehead atoms. The van der Waals surface area contributed by atoms with Crippen LogP contribution in [0.25, 0.3) is 0 Å². The van der Waals surface area contributed by atoms with Crippen molar-refractivity contribution in [3.63, 3.8) is 0 Å². The Balaban J connectivity index is 2.34. The summed E-state index contributed by atoms with van der Waals surface area (Å²) >= 11 is 11.8. The molecule has 2 rings (SSSR count). The first kappa shape index (κ1) is 15.4. The lowest BCUT2D eigenvalue weighted by Crippen LogP contribution is -2.06. The third kappa shape index (κ3) is 3.56. The van der Waals surface area contributed by atoms with Crippen LogP contribution in [0.1, 0.15) is 15.9 Å². The van der Waals surface area contributed by atoms with E-state index >= 15 is 0 Å². The van der Waals surface area contributed by atoms with Gasteiger partial charge in [0.25, 0.3) is 0 Å². The van der Waals surface area contributed by atoms with Crippen LogP contribution in [0, 0.1) is 0 Å². The lowest BCUT2D eigenvalue weighted by molar-refractivity contribution is 0.0691. The van der Waals surface area contributed by atoms with Crippen LogP contribution in [0.15, 0.2) is 30.6 Å². The smallest absolute Gasteiger partial charge is 0.339 e. The Bertz CT molecular complexity index is 676. The van der Waals surface area contributed by atoms with Crippen LogP contribution in [-0.4, -0.2) is 23.2 Å². The minimum absolute atomic E-state index is 0.0791. The van der Waals surface area contributed by atoms with Gasteiger partial charge in [-0.1, -0.05) is 23.2 Å². The molecule has 110 valence electrons. The maximum absolute atomic E-state index is 11.3. The normalized spacial score (nSPS) is 10.2. The first-order valence-electron chi connectivity index (χ1n) is 5.85. The Morgan fingerprint density at radius 1 is 1.38 bits per heavy atom. The molecule has 0 saturated heterocycles. The predicted molar refractivity (Wildman–Crippen MR) is 78.5 cm³/mol. The maximum Gasteiger partial charge on any atom is 0.339 e. The average molecular weight is 328 g/mol. The van der Waals surface area contributed by atoms with E-state index in [1.807, 2.05) is 0 Å². The highest BCUT2D eigenvalue weighted by Crippen LogP contribution is 2.35. The van der Waals surface area contributed by atoms with Crippen LogP contribution in [0.5, 0.6) is 11.5 Å². The molecule has 0 radical (unpaired) electrons. The van der Waals surface area contributed by atoms with Gasteiger partial charge in [-0.3, -0.25) is 4.98 Å². The van der Waals surface area contributed by atoms with Crippen LogP contribution in [0.3, 0.4) is 0 Å². The Labute approximate surface area is 131 Å².